The number of thioether (sulfide) groups is 1. The summed E-state index contributed by atoms with van der Waals surface area (Å²) in [6, 6.07) is 4.96. The van der Waals surface area contributed by atoms with E-state index < -0.39 is 11.7 Å². The number of nitrogens with zero attached hydrogens (tertiary/aromatic N) is 2. The van der Waals surface area contributed by atoms with Crippen LogP contribution in [0, 0.1) is 0 Å². The van der Waals surface area contributed by atoms with Gasteiger partial charge in [0.05, 0.1) is 22.3 Å². The summed E-state index contributed by atoms with van der Waals surface area (Å²) >= 11 is 1.54. The maximum absolute atomic E-state index is 12.7. The van der Waals surface area contributed by atoms with Crippen molar-refractivity contribution in [2.45, 2.75) is 24.4 Å². The van der Waals surface area contributed by atoms with E-state index in [0.717, 1.165) is 29.2 Å². The van der Waals surface area contributed by atoms with Gasteiger partial charge in [-0.3, -0.25) is 0 Å². The zero-order valence-corrected chi connectivity index (χ0v) is 11.6. The summed E-state index contributed by atoms with van der Waals surface area (Å²) < 4.78 is 39.4. The van der Waals surface area contributed by atoms with Crippen LogP contribution in [0.5, 0.6) is 0 Å². The van der Waals surface area contributed by atoms with Crippen LogP contribution in [-0.4, -0.2) is 15.5 Å². The number of aromatic nitrogens is 2. The van der Waals surface area contributed by atoms with Gasteiger partial charge in [0.1, 0.15) is 5.82 Å². The molecule has 0 amide bonds. The summed E-state index contributed by atoms with van der Waals surface area (Å²) in [4.78, 5) is 0.782. The Hall–Kier alpha value is -1.63. The molecular weight excluding hydrogens is 287 g/mol. The molecule has 0 fully saturated rings. The Morgan fingerprint density at radius 1 is 1.35 bits per heavy atom. The highest BCUT2D eigenvalue weighted by Gasteiger charge is 2.30. The van der Waals surface area contributed by atoms with Gasteiger partial charge in [-0.1, -0.05) is 13.0 Å². The van der Waals surface area contributed by atoms with E-state index in [1.165, 1.54) is 10.7 Å². The van der Waals surface area contributed by atoms with Crippen LogP contribution in [-0.2, 0) is 6.18 Å². The van der Waals surface area contributed by atoms with Crippen LogP contribution in [0.2, 0.25) is 0 Å². The Morgan fingerprint density at radius 2 is 2.10 bits per heavy atom. The average molecular weight is 301 g/mol. The second-order valence-corrected chi connectivity index (χ2v) is 5.34. The fourth-order valence-electron chi connectivity index (χ4n) is 1.69. The molecule has 0 saturated heterocycles. The lowest BCUT2D eigenvalue weighted by Crippen LogP contribution is -2.07. The van der Waals surface area contributed by atoms with Crippen LogP contribution < -0.4 is 5.73 Å². The standard InChI is InChI=1S/C13H14F3N3S/c1-2-6-20-11-8-18-19(12(11)17)10-5-3-4-9(7-10)13(14,15)16/h3-5,7-8H,2,6,17H2,1H3. The van der Waals surface area contributed by atoms with Crippen molar-refractivity contribution in [3.05, 3.63) is 36.0 Å². The molecule has 2 N–H and O–H groups in total. The second-order valence-electron chi connectivity index (χ2n) is 4.20. The smallest absolute Gasteiger partial charge is 0.383 e. The highest BCUT2D eigenvalue weighted by molar-refractivity contribution is 7.99. The number of halogens is 3. The van der Waals surface area contributed by atoms with Crippen LogP contribution >= 0.6 is 11.8 Å². The molecule has 1 heterocycles. The average Bonchev–Trinajstić information content (AvgIpc) is 2.77. The lowest BCUT2D eigenvalue weighted by molar-refractivity contribution is -0.137. The summed E-state index contributed by atoms with van der Waals surface area (Å²) in [6.45, 7) is 2.04. The largest absolute Gasteiger partial charge is 0.416 e. The molecule has 0 saturated carbocycles. The molecular formula is C13H14F3N3S. The molecule has 0 atom stereocenters. The molecule has 1 aromatic carbocycles. The number of benzene rings is 1. The van der Waals surface area contributed by atoms with Crippen molar-refractivity contribution in [1.82, 2.24) is 9.78 Å². The zero-order chi connectivity index (χ0) is 14.8. The van der Waals surface area contributed by atoms with Crippen LogP contribution in [0.15, 0.2) is 35.4 Å². The fraction of sp³-hybridized carbons (Fsp3) is 0.308. The first-order chi connectivity index (χ1) is 9.43. The maximum Gasteiger partial charge on any atom is 0.416 e. The van der Waals surface area contributed by atoms with Gasteiger partial charge in [0.2, 0.25) is 0 Å². The van der Waals surface area contributed by atoms with Gasteiger partial charge in [0, 0.05) is 0 Å². The van der Waals surface area contributed by atoms with E-state index in [1.807, 2.05) is 6.92 Å². The molecule has 0 aliphatic heterocycles. The molecule has 3 nitrogen and oxygen atoms in total. The highest BCUT2D eigenvalue weighted by atomic mass is 32.2. The number of anilines is 1. The van der Waals surface area contributed by atoms with Crippen molar-refractivity contribution in [3.63, 3.8) is 0 Å². The third-order valence-corrected chi connectivity index (χ3v) is 3.89. The van der Waals surface area contributed by atoms with Crippen molar-refractivity contribution < 1.29 is 13.2 Å². The quantitative estimate of drug-likeness (QED) is 0.869. The Morgan fingerprint density at radius 3 is 2.75 bits per heavy atom. The van der Waals surface area contributed by atoms with Gasteiger partial charge in [-0.2, -0.15) is 18.3 Å². The summed E-state index contributed by atoms with van der Waals surface area (Å²) in [5.74, 6) is 1.25. The second kappa shape index (κ2) is 5.78. The van der Waals surface area contributed by atoms with Crippen LogP contribution in [0.4, 0.5) is 19.0 Å². The summed E-state index contributed by atoms with van der Waals surface area (Å²) in [6.07, 6.45) is -1.81. The molecule has 108 valence electrons. The first-order valence-electron chi connectivity index (χ1n) is 6.07. The predicted molar refractivity (Wildman–Crippen MR) is 74.0 cm³/mol. The molecule has 0 radical (unpaired) electrons. The van der Waals surface area contributed by atoms with E-state index in [0.29, 0.717) is 11.5 Å². The zero-order valence-electron chi connectivity index (χ0n) is 10.8. The normalized spacial score (nSPS) is 11.8. The Labute approximate surface area is 119 Å². The van der Waals surface area contributed by atoms with E-state index in [1.54, 1.807) is 24.0 Å². The predicted octanol–water partition coefficient (Wildman–Crippen LogP) is 3.98. The van der Waals surface area contributed by atoms with Gasteiger partial charge in [0.15, 0.2) is 0 Å². The van der Waals surface area contributed by atoms with Gasteiger partial charge in [-0.25, -0.2) is 4.68 Å². The minimum atomic E-state index is -4.38. The van der Waals surface area contributed by atoms with Gasteiger partial charge in [0.25, 0.3) is 0 Å². The van der Waals surface area contributed by atoms with Gasteiger partial charge >= 0.3 is 6.18 Å². The van der Waals surface area contributed by atoms with Crippen molar-refractivity contribution >= 4 is 17.6 Å². The first kappa shape index (κ1) is 14.8. The van der Waals surface area contributed by atoms with Crippen molar-refractivity contribution in [2.75, 3.05) is 11.5 Å². The number of rotatable bonds is 4. The lowest BCUT2D eigenvalue weighted by atomic mass is 10.2. The molecule has 7 heteroatoms. The van der Waals surface area contributed by atoms with Crippen molar-refractivity contribution in [3.8, 4) is 5.69 Å². The third-order valence-electron chi connectivity index (χ3n) is 2.65. The maximum atomic E-state index is 12.7. The summed E-state index contributed by atoms with van der Waals surface area (Å²) in [5, 5.41) is 4.07. The van der Waals surface area contributed by atoms with E-state index in [9.17, 15) is 13.2 Å². The molecule has 2 rings (SSSR count). The van der Waals surface area contributed by atoms with Gasteiger partial charge in [-0.15, -0.1) is 11.8 Å². The van der Waals surface area contributed by atoms with E-state index in [-0.39, 0.29) is 0 Å². The number of hydrogen-bond acceptors (Lipinski definition) is 3. The van der Waals surface area contributed by atoms with Crippen molar-refractivity contribution in [1.29, 1.82) is 0 Å². The number of nitrogens with two attached hydrogens (primary N) is 1. The van der Waals surface area contributed by atoms with E-state index >= 15 is 0 Å². The highest BCUT2D eigenvalue weighted by Crippen LogP contribution is 2.32. The lowest BCUT2D eigenvalue weighted by Gasteiger charge is -2.10. The van der Waals surface area contributed by atoms with Crippen molar-refractivity contribution in [2.24, 2.45) is 0 Å². The van der Waals surface area contributed by atoms with Crippen LogP contribution in [0.1, 0.15) is 18.9 Å². The first-order valence-corrected chi connectivity index (χ1v) is 7.06. The number of hydrogen-bond donors (Lipinski definition) is 1. The van der Waals surface area contributed by atoms with E-state index in [2.05, 4.69) is 5.10 Å². The Kier molecular flexibility index (Phi) is 4.27. The molecule has 20 heavy (non-hydrogen) atoms. The van der Waals surface area contributed by atoms with Crippen LogP contribution in [0.3, 0.4) is 0 Å². The molecule has 2 aromatic rings. The summed E-state index contributed by atoms with van der Waals surface area (Å²) in [7, 11) is 0. The minimum absolute atomic E-state index is 0.306. The summed E-state index contributed by atoms with van der Waals surface area (Å²) in [5.41, 5.74) is 5.52. The molecule has 0 unspecified atom stereocenters. The van der Waals surface area contributed by atoms with Crippen LogP contribution in [0.25, 0.3) is 5.69 Å². The minimum Gasteiger partial charge on any atom is -0.383 e. The SMILES string of the molecule is CCCSc1cnn(-c2cccc(C(F)(F)F)c2)c1N. The topological polar surface area (TPSA) is 43.8 Å². The Bertz CT molecular complexity index is 593. The molecule has 1 aromatic heterocycles. The monoisotopic (exact) mass is 301 g/mol. The number of alkyl halides is 3. The van der Waals surface area contributed by atoms with Gasteiger partial charge in [-0.05, 0) is 30.4 Å². The molecule has 0 aliphatic carbocycles. The Balaban J connectivity index is 2.35. The molecule has 0 aliphatic rings. The number of nitrogen functional groups attached to an aromatic ring is 1. The van der Waals surface area contributed by atoms with E-state index in [4.69, 9.17) is 5.73 Å². The third kappa shape index (κ3) is 3.09. The molecule has 0 bridgehead atoms. The van der Waals surface area contributed by atoms with Gasteiger partial charge < -0.3 is 5.73 Å². The fourth-order valence-corrected chi connectivity index (χ4v) is 2.47. The molecule has 0 spiro atoms.